The van der Waals surface area contributed by atoms with Crippen LogP contribution in [0.1, 0.15) is 12.8 Å². The SMILES string of the molecule is O=C1CCC(C(=O)N2CCN(c3ccc(Cl)cc3)CC2)N1. The van der Waals surface area contributed by atoms with Crippen LogP contribution in [-0.4, -0.2) is 48.9 Å². The van der Waals surface area contributed by atoms with Gasteiger partial charge in [0.1, 0.15) is 6.04 Å². The summed E-state index contributed by atoms with van der Waals surface area (Å²) in [6, 6.07) is 7.43. The molecule has 0 aliphatic carbocycles. The number of piperazine rings is 1. The number of anilines is 1. The molecule has 21 heavy (non-hydrogen) atoms. The van der Waals surface area contributed by atoms with Crippen molar-refractivity contribution in [1.82, 2.24) is 10.2 Å². The molecule has 3 rings (SSSR count). The Morgan fingerprint density at radius 2 is 1.81 bits per heavy atom. The number of benzene rings is 1. The molecule has 0 spiro atoms. The van der Waals surface area contributed by atoms with E-state index in [-0.39, 0.29) is 17.9 Å². The molecule has 5 nitrogen and oxygen atoms in total. The molecular weight excluding hydrogens is 290 g/mol. The summed E-state index contributed by atoms with van der Waals surface area (Å²) in [6.45, 7) is 2.98. The molecule has 112 valence electrons. The van der Waals surface area contributed by atoms with Crippen molar-refractivity contribution in [1.29, 1.82) is 0 Å². The van der Waals surface area contributed by atoms with Crippen molar-refractivity contribution < 1.29 is 9.59 Å². The van der Waals surface area contributed by atoms with E-state index in [2.05, 4.69) is 10.2 Å². The van der Waals surface area contributed by atoms with E-state index in [1.165, 1.54) is 0 Å². The van der Waals surface area contributed by atoms with Gasteiger partial charge in [-0.1, -0.05) is 11.6 Å². The number of nitrogens with one attached hydrogen (secondary N) is 1. The molecule has 2 heterocycles. The summed E-state index contributed by atoms with van der Waals surface area (Å²) in [4.78, 5) is 27.6. The van der Waals surface area contributed by atoms with Gasteiger partial charge in [0.15, 0.2) is 0 Å². The molecule has 2 aliphatic heterocycles. The second-order valence-electron chi connectivity index (χ2n) is 5.45. The maximum Gasteiger partial charge on any atom is 0.245 e. The predicted octanol–water partition coefficient (Wildman–Crippen LogP) is 1.27. The van der Waals surface area contributed by atoms with Crippen LogP contribution in [0.4, 0.5) is 5.69 Å². The van der Waals surface area contributed by atoms with E-state index in [4.69, 9.17) is 11.6 Å². The first-order chi connectivity index (χ1) is 10.1. The fourth-order valence-corrected chi connectivity index (χ4v) is 2.98. The number of amides is 2. The van der Waals surface area contributed by atoms with Crippen molar-refractivity contribution in [3.8, 4) is 0 Å². The molecule has 2 aliphatic rings. The van der Waals surface area contributed by atoms with Crippen LogP contribution < -0.4 is 10.2 Å². The third-order valence-corrected chi connectivity index (χ3v) is 4.33. The Labute approximate surface area is 128 Å². The van der Waals surface area contributed by atoms with Gasteiger partial charge in [-0.2, -0.15) is 0 Å². The van der Waals surface area contributed by atoms with Gasteiger partial charge in [0.2, 0.25) is 11.8 Å². The Bertz CT molecular complexity index is 538. The Morgan fingerprint density at radius 3 is 2.38 bits per heavy atom. The standard InChI is InChI=1S/C15H18ClN3O2/c16-11-1-3-12(4-2-11)18-7-9-19(10-8-18)15(21)13-5-6-14(20)17-13/h1-4,13H,5-10H2,(H,17,20). The van der Waals surface area contributed by atoms with Gasteiger partial charge in [-0.15, -0.1) is 0 Å². The summed E-state index contributed by atoms with van der Waals surface area (Å²) in [7, 11) is 0. The van der Waals surface area contributed by atoms with E-state index in [1.807, 2.05) is 29.2 Å². The fraction of sp³-hybridized carbons (Fsp3) is 0.467. The minimum Gasteiger partial charge on any atom is -0.368 e. The molecule has 0 radical (unpaired) electrons. The molecule has 0 bridgehead atoms. The lowest BCUT2D eigenvalue weighted by Crippen LogP contribution is -2.53. The van der Waals surface area contributed by atoms with E-state index >= 15 is 0 Å². The monoisotopic (exact) mass is 307 g/mol. The minimum atomic E-state index is -0.320. The number of hydrogen-bond donors (Lipinski definition) is 1. The maximum absolute atomic E-state index is 12.3. The minimum absolute atomic E-state index is 0.0202. The van der Waals surface area contributed by atoms with E-state index in [9.17, 15) is 9.59 Å². The molecule has 2 amide bonds. The van der Waals surface area contributed by atoms with E-state index in [0.717, 1.165) is 23.8 Å². The number of halogens is 1. The molecule has 0 saturated carbocycles. The van der Waals surface area contributed by atoms with Crippen LogP contribution in [0.3, 0.4) is 0 Å². The number of carbonyl (C=O) groups is 2. The van der Waals surface area contributed by atoms with Gasteiger partial charge in [0.05, 0.1) is 0 Å². The van der Waals surface area contributed by atoms with Gasteiger partial charge >= 0.3 is 0 Å². The molecule has 2 saturated heterocycles. The molecule has 1 unspecified atom stereocenters. The van der Waals surface area contributed by atoms with Crippen molar-refractivity contribution >= 4 is 29.1 Å². The van der Waals surface area contributed by atoms with E-state index < -0.39 is 0 Å². The first-order valence-electron chi connectivity index (χ1n) is 7.22. The smallest absolute Gasteiger partial charge is 0.245 e. The highest BCUT2D eigenvalue weighted by atomic mass is 35.5. The fourth-order valence-electron chi connectivity index (χ4n) is 2.86. The summed E-state index contributed by atoms with van der Waals surface area (Å²) >= 11 is 5.89. The number of nitrogens with zero attached hydrogens (tertiary/aromatic N) is 2. The lowest BCUT2D eigenvalue weighted by atomic mass is 10.1. The Hall–Kier alpha value is -1.75. The Kier molecular flexibility index (Phi) is 4.01. The third kappa shape index (κ3) is 3.13. The zero-order chi connectivity index (χ0) is 14.8. The average Bonchev–Trinajstić information content (AvgIpc) is 2.94. The van der Waals surface area contributed by atoms with Crippen LogP contribution >= 0.6 is 11.6 Å². The zero-order valence-electron chi connectivity index (χ0n) is 11.7. The van der Waals surface area contributed by atoms with Crippen molar-refractivity contribution in [3.05, 3.63) is 29.3 Å². The molecule has 1 aromatic carbocycles. The molecular formula is C15H18ClN3O2. The number of hydrogen-bond acceptors (Lipinski definition) is 3. The van der Waals surface area contributed by atoms with Crippen molar-refractivity contribution in [3.63, 3.8) is 0 Å². The Balaban J connectivity index is 1.56. The van der Waals surface area contributed by atoms with Gasteiger partial charge in [-0.05, 0) is 30.7 Å². The van der Waals surface area contributed by atoms with Crippen LogP contribution in [0.15, 0.2) is 24.3 Å². The van der Waals surface area contributed by atoms with Crippen molar-refractivity contribution in [2.75, 3.05) is 31.1 Å². The first-order valence-corrected chi connectivity index (χ1v) is 7.60. The molecule has 1 aromatic rings. The largest absolute Gasteiger partial charge is 0.368 e. The lowest BCUT2D eigenvalue weighted by Gasteiger charge is -2.37. The summed E-state index contributed by atoms with van der Waals surface area (Å²) in [5.41, 5.74) is 1.13. The van der Waals surface area contributed by atoms with Gasteiger partial charge in [0.25, 0.3) is 0 Å². The zero-order valence-corrected chi connectivity index (χ0v) is 12.5. The van der Waals surface area contributed by atoms with Crippen LogP contribution in [0.5, 0.6) is 0 Å². The van der Waals surface area contributed by atoms with Gasteiger partial charge in [-0.25, -0.2) is 0 Å². The lowest BCUT2D eigenvalue weighted by molar-refractivity contribution is -0.134. The quantitative estimate of drug-likeness (QED) is 0.895. The highest BCUT2D eigenvalue weighted by Crippen LogP contribution is 2.20. The number of rotatable bonds is 2. The molecule has 0 aromatic heterocycles. The average molecular weight is 308 g/mol. The second kappa shape index (κ2) is 5.93. The van der Waals surface area contributed by atoms with E-state index in [0.29, 0.717) is 25.9 Å². The first kappa shape index (κ1) is 14.2. The Morgan fingerprint density at radius 1 is 1.14 bits per heavy atom. The highest BCUT2D eigenvalue weighted by Gasteiger charge is 2.32. The predicted molar refractivity (Wildman–Crippen MR) is 81.4 cm³/mol. The van der Waals surface area contributed by atoms with Crippen molar-refractivity contribution in [2.24, 2.45) is 0 Å². The van der Waals surface area contributed by atoms with Crippen LogP contribution in [-0.2, 0) is 9.59 Å². The van der Waals surface area contributed by atoms with Crippen molar-refractivity contribution in [2.45, 2.75) is 18.9 Å². The second-order valence-corrected chi connectivity index (χ2v) is 5.88. The van der Waals surface area contributed by atoms with Crippen LogP contribution in [0.2, 0.25) is 5.02 Å². The van der Waals surface area contributed by atoms with E-state index in [1.54, 1.807) is 0 Å². The third-order valence-electron chi connectivity index (χ3n) is 4.08. The molecule has 1 atom stereocenters. The topological polar surface area (TPSA) is 52.7 Å². The summed E-state index contributed by atoms with van der Waals surface area (Å²) < 4.78 is 0. The number of carbonyl (C=O) groups excluding carboxylic acids is 2. The summed E-state index contributed by atoms with van der Waals surface area (Å²) in [6.07, 6.45) is 1.08. The molecule has 6 heteroatoms. The maximum atomic E-state index is 12.3. The summed E-state index contributed by atoms with van der Waals surface area (Å²) in [5, 5.41) is 3.47. The highest BCUT2D eigenvalue weighted by molar-refractivity contribution is 6.30. The van der Waals surface area contributed by atoms with Crippen LogP contribution in [0, 0.1) is 0 Å². The van der Waals surface area contributed by atoms with Gasteiger partial charge < -0.3 is 15.1 Å². The normalized spacial score (nSPS) is 22.3. The molecule has 2 fully saturated rings. The van der Waals surface area contributed by atoms with Gasteiger partial charge in [-0.3, -0.25) is 9.59 Å². The van der Waals surface area contributed by atoms with Gasteiger partial charge in [0, 0.05) is 43.3 Å². The summed E-state index contributed by atoms with van der Waals surface area (Å²) in [5.74, 6) is 0.0322. The molecule has 1 N–H and O–H groups in total. The van der Waals surface area contributed by atoms with Crippen LogP contribution in [0.25, 0.3) is 0 Å².